The third kappa shape index (κ3) is 5.67. The van der Waals surface area contributed by atoms with Crippen LogP contribution in [-0.4, -0.2) is 86.4 Å². The van der Waals surface area contributed by atoms with Gasteiger partial charge in [-0.1, -0.05) is 49.0 Å². The molecule has 0 spiro atoms. The molecule has 2 aromatic rings. The molecule has 31 heavy (non-hydrogen) atoms. The minimum Gasteiger partial charge on any atom is -0.339 e. The van der Waals surface area contributed by atoms with Crippen molar-refractivity contribution >= 4 is 17.7 Å². The number of aromatic nitrogens is 3. The quantitative estimate of drug-likeness (QED) is 0.586. The molecule has 0 saturated carbocycles. The monoisotopic (exact) mass is 442 g/mol. The number of hydrogen-bond donors (Lipinski definition) is 0. The van der Waals surface area contributed by atoms with Crippen LogP contribution in [0.1, 0.15) is 38.1 Å². The number of amides is 1. The molecule has 1 aromatic heterocycles. The first kappa shape index (κ1) is 22.3. The van der Waals surface area contributed by atoms with Crippen molar-refractivity contribution in [3.63, 3.8) is 0 Å². The third-order valence-corrected chi connectivity index (χ3v) is 7.37. The number of rotatable bonds is 8. The number of piperazine rings is 1. The standard InChI is InChI=1S/C23H34N6OS/c1-3-26-13-15-28(16-14-26)22(30)19(2)31-23-25-24-21(18-27-11-7-8-12-27)29(23)17-20-9-5-4-6-10-20/h4-6,9-10,19H,3,7-8,11-18H2,1-2H3. The number of likely N-dealkylation sites (tertiary alicyclic amines) is 1. The molecule has 2 saturated heterocycles. The van der Waals surface area contributed by atoms with Gasteiger partial charge in [0.2, 0.25) is 5.91 Å². The summed E-state index contributed by atoms with van der Waals surface area (Å²) >= 11 is 1.54. The molecule has 0 radical (unpaired) electrons. The van der Waals surface area contributed by atoms with Crippen molar-refractivity contribution in [3.8, 4) is 0 Å². The normalized spacial score (nSPS) is 19.1. The summed E-state index contributed by atoms with van der Waals surface area (Å²) in [5, 5.41) is 9.72. The number of benzene rings is 1. The van der Waals surface area contributed by atoms with E-state index in [4.69, 9.17) is 0 Å². The first-order valence-electron chi connectivity index (χ1n) is 11.5. The molecular formula is C23H34N6OS. The number of carbonyl (C=O) groups excluding carboxylic acids is 1. The zero-order chi connectivity index (χ0) is 21.6. The average molecular weight is 443 g/mol. The zero-order valence-electron chi connectivity index (χ0n) is 18.7. The molecule has 1 aromatic carbocycles. The highest BCUT2D eigenvalue weighted by atomic mass is 32.2. The van der Waals surface area contributed by atoms with Crippen molar-refractivity contribution in [2.75, 3.05) is 45.8 Å². The number of likely N-dealkylation sites (N-methyl/N-ethyl adjacent to an activating group) is 1. The van der Waals surface area contributed by atoms with E-state index in [0.717, 1.165) is 69.9 Å². The molecule has 0 N–H and O–H groups in total. The Balaban J connectivity index is 1.47. The molecule has 168 valence electrons. The highest BCUT2D eigenvalue weighted by Gasteiger charge is 2.27. The summed E-state index contributed by atoms with van der Waals surface area (Å²) in [5.74, 6) is 1.19. The number of thioether (sulfide) groups is 1. The van der Waals surface area contributed by atoms with E-state index in [1.54, 1.807) is 11.8 Å². The lowest BCUT2D eigenvalue weighted by Crippen LogP contribution is -2.50. The Morgan fingerprint density at radius 2 is 1.68 bits per heavy atom. The minimum atomic E-state index is -0.175. The van der Waals surface area contributed by atoms with Crippen molar-refractivity contribution in [2.24, 2.45) is 0 Å². The van der Waals surface area contributed by atoms with Crippen LogP contribution in [0.4, 0.5) is 0 Å². The van der Waals surface area contributed by atoms with Gasteiger partial charge in [0.1, 0.15) is 5.82 Å². The maximum Gasteiger partial charge on any atom is 0.235 e. The zero-order valence-corrected chi connectivity index (χ0v) is 19.6. The van der Waals surface area contributed by atoms with Crippen LogP contribution in [0.5, 0.6) is 0 Å². The summed E-state index contributed by atoms with van der Waals surface area (Å²) in [5.41, 5.74) is 1.22. The maximum absolute atomic E-state index is 13.1. The van der Waals surface area contributed by atoms with Gasteiger partial charge in [0.05, 0.1) is 18.3 Å². The highest BCUT2D eigenvalue weighted by molar-refractivity contribution is 8.00. The van der Waals surface area contributed by atoms with Crippen LogP contribution in [0.2, 0.25) is 0 Å². The smallest absolute Gasteiger partial charge is 0.235 e. The van der Waals surface area contributed by atoms with Gasteiger partial charge >= 0.3 is 0 Å². The Labute approximate surface area is 189 Å². The third-order valence-electron chi connectivity index (χ3n) is 6.30. The molecular weight excluding hydrogens is 408 g/mol. The topological polar surface area (TPSA) is 57.5 Å². The molecule has 7 nitrogen and oxygen atoms in total. The van der Waals surface area contributed by atoms with Crippen LogP contribution in [0, 0.1) is 0 Å². The van der Waals surface area contributed by atoms with E-state index >= 15 is 0 Å². The average Bonchev–Trinajstić information content (AvgIpc) is 3.45. The van der Waals surface area contributed by atoms with Crippen LogP contribution in [0.15, 0.2) is 35.5 Å². The summed E-state index contributed by atoms with van der Waals surface area (Å²) < 4.78 is 2.21. The highest BCUT2D eigenvalue weighted by Crippen LogP contribution is 2.26. The Morgan fingerprint density at radius 3 is 2.35 bits per heavy atom. The molecule has 0 aliphatic carbocycles. The van der Waals surface area contributed by atoms with Crippen molar-refractivity contribution in [1.29, 1.82) is 0 Å². The fraction of sp³-hybridized carbons (Fsp3) is 0.609. The molecule has 3 heterocycles. The van der Waals surface area contributed by atoms with Gasteiger partial charge in [0.15, 0.2) is 5.16 Å². The summed E-state index contributed by atoms with van der Waals surface area (Å²) in [6.07, 6.45) is 2.51. The van der Waals surface area contributed by atoms with E-state index in [1.165, 1.54) is 18.4 Å². The van der Waals surface area contributed by atoms with Gasteiger partial charge in [-0.25, -0.2) is 0 Å². The van der Waals surface area contributed by atoms with Gasteiger partial charge in [0.25, 0.3) is 0 Å². The van der Waals surface area contributed by atoms with Crippen LogP contribution in [0.25, 0.3) is 0 Å². The van der Waals surface area contributed by atoms with Crippen molar-refractivity contribution in [2.45, 2.75) is 50.2 Å². The van der Waals surface area contributed by atoms with Gasteiger partial charge < -0.3 is 14.4 Å². The minimum absolute atomic E-state index is 0.175. The molecule has 0 bridgehead atoms. The molecule has 1 atom stereocenters. The predicted octanol–water partition coefficient (Wildman–Crippen LogP) is 2.57. The van der Waals surface area contributed by atoms with Crippen LogP contribution >= 0.6 is 11.8 Å². The van der Waals surface area contributed by atoms with Crippen molar-refractivity contribution < 1.29 is 4.79 Å². The van der Waals surface area contributed by atoms with Gasteiger partial charge in [-0.15, -0.1) is 10.2 Å². The Hall–Kier alpha value is -1.90. The molecule has 2 aliphatic heterocycles. The van der Waals surface area contributed by atoms with Gasteiger partial charge in [-0.2, -0.15) is 0 Å². The lowest BCUT2D eigenvalue weighted by molar-refractivity contribution is -0.132. The maximum atomic E-state index is 13.1. The first-order valence-corrected chi connectivity index (χ1v) is 12.4. The van der Waals surface area contributed by atoms with E-state index in [0.29, 0.717) is 0 Å². The molecule has 2 aliphatic rings. The largest absolute Gasteiger partial charge is 0.339 e. The summed E-state index contributed by atoms with van der Waals surface area (Å²) in [6.45, 7) is 12.6. The Morgan fingerprint density at radius 1 is 0.968 bits per heavy atom. The molecule has 2 fully saturated rings. The fourth-order valence-electron chi connectivity index (χ4n) is 4.34. The molecule has 8 heteroatoms. The molecule has 1 amide bonds. The summed E-state index contributed by atoms with van der Waals surface area (Å²) in [6, 6.07) is 10.4. The Bertz CT molecular complexity index is 843. The number of nitrogens with zero attached hydrogens (tertiary/aromatic N) is 6. The Kier molecular flexibility index (Phi) is 7.63. The van der Waals surface area contributed by atoms with E-state index < -0.39 is 0 Å². The van der Waals surface area contributed by atoms with Gasteiger partial charge in [0, 0.05) is 26.2 Å². The van der Waals surface area contributed by atoms with Crippen LogP contribution in [0.3, 0.4) is 0 Å². The van der Waals surface area contributed by atoms with E-state index in [9.17, 15) is 4.79 Å². The fourth-order valence-corrected chi connectivity index (χ4v) is 5.29. The van der Waals surface area contributed by atoms with E-state index in [-0.39, 0.29) is 11.2 Å². The first-order chi connectivity index (χ1) is 15.1. The second-order valence-corrected chi connectivity index (χ2v) is 9.78. The van der Waals surface area contributed by atoms with E-state index in [2.05, 4.69) is 55.8 Å². The summed E-state index contributed by atoms with van der Waals surface area (Å²) in [7, 11) is 0. The molecule has 4 rings (SSSR count). The van der Waals surface area contributed by atoms with Crippen molar-refractivity contribution in [1.82, 2.24) is 29.5 Å². The number of carbonyl (C=O) groups is 1. The second kappa shape index (κ2) is 10.6. The summed E-state index contributed by atoms with van der Waals surface area (Å²) in [4.78, 5) is 19.9. The SMILES string of the molecule is CCN1CCN(C(=O)C(C)Sc2nnc(CN3CCCC3)n2Cc2ccccc2)CC1. The van der Waals surface area contributed by atoms with Crippen molar-refractivity contribution in [3.05, 3.63) is 41.7 Å². The number of hydrogen-bond acceptors (Lipinski definition) is 6. The molecule has 1 unspecified atom stereocenters. The predicted molar refractivity (Wildman–Crippen MR) is 124 cm³/mol. The lowest BCUT2D eigenvalue weighted by Gasteiger charge is -2.35. The van der Waals surface area contributed by atoms with Crippen LogP contribution < -0.4 is 0 Å². The van der Waals surface area contributed by atoms with Crippen LogP contribution in [-0.2, 0) is 17.9 Å². The van der Waals surface area contributed by atoms with E-state index in [1.807, 2.05) is 17.9 Å². The second-order valence-electron chi connectivity index (χ2n) is 8.47. The van der Waals surface area contributed by atoms with Gasteiger partial charge in [-0.3, -0.25) is 9.69 Å². The van der Waals surface area contributed by atoms with Gasteiger partial charge in [-0.05, 0) is 45.0 Å². The lowest BCUT2D eigenvalue weighted by atomic mass is 10.2.